The molecule has 10 aromatic rings. The zero-order valence-corrected chi connectivity index (χ0v) is 36.9. The van der Waals surface area contributed by atoms with Gasteiger partial charge in [0.2, 0.25) is 0 Å². The van der Waals surface area contributed by atoms with Crippen molar-refractivity contribution in [2.24, 2.45) is 0 Å². The average molecular weight is 829 g/mol. The van der Waals surface area contributed by atoms with Gasteiger partial charge in [-0.2, -0.15) is 0 Å². The van der Waals surface area contributed by atoms with E-state index < -0.39 is 0 Å². The number of para-hydroxylation sites is 4. The summed E-state index contributed by atoms with van der Waals surface area (Å²) >= 11 is 3.83. The van der Waals surface area contributed by atoms with E-state index in [2.05, 4.69) is 181 Å². The number of unbranched alkanes of at least 4 members (excludes halogenated alkanes) is 6. The van der Waals surface area contributed by atoms with Gasteiger partial charge in [-0.1, -0.05) is 162 Å². The third-order valence-corrected chi connectivity index (χ3v) is 15.9. The van der Waals surface area contributed by atoms with Gasteiger partial charge in [-0.15, -0.1) is 22.7 Å². The Balaban J connectivity index is 1.02. The van der Waals surface area contributed by atoms with Gasteiger partial charge in [-0.25, -0.2) is 0 Å². The summed E-state index contributed by atoms with van der Waals surface area (Å²) in [6.07, 6.45) is 12.6. The number of aromatic nitrogens is 2. The average Bonchev–Trinajstić information content (AvgIpc) is 4.15. The molecule has 302 valence electrons. The second-order valence-electron chi connectivity index (χ2n) is 17.2. The molecule has 4 heterocycles. The molecule has 0 unspecified atom stereocenters. The first-order valence-corrected chi connectivity index (χ1v) is 24.3. The molecule has 0 radical (unpaired) electrons. The Morgan fingerprint density at radius 2 is 0.770 bits per heavy atom. The maximum atomic E-state index is 2.61. The van der Waals surface area contributed by atoms with Crippen LogP contribution in [0.3, 0.4) is 0 Å². The van der Waals surface area contributed by atoms with Crippen molar-refractivity contribution in [3.63, 3.8) is 0 Å². The second-order valence-corrected chi connectivity index (χ2v) is 19.4. The Kier molecular flexibility index (Phi) is 10.0. The van der Waals surface area contributed by atoms with E-state index in [-0.39, 0.29) is 5.41 Å². The lowest BCUT2D eigenvalue weighted by atomic mass is 9.70. The Morgan fingerprint density at radius 1 is 0.393 bits per heavy atom. The lowest BCUT2D eigenvalue weighted by Crippen LogP contribution is -2.25. The van der Waals surface area contributed by atoms with E-state index in [4.69, 9.17) is 0 Å². The highest BCUT2D eigenvalue weighted by Gasteiger charge is 2.42. The van der Waals surface area contributed by atoms with E-state index in [0.29, 0.717) is 0 Å². The number of hydrogen-bond acceptors (Lipinski definition) is 2. The topological polar surface area (TPSA) is 9.86 Å². The van der Waals surface area contributed by atoms with E-state index in [1.165, 1.54) is 150 Å². The summed E-state index contributed by atoms with van der Waals surface area (Å²) in [6, 6.07) is 59.8. The van der Waals surface area contributed by atoms with Gasteiger partial charge in [-0.05, 0) is 107 Å². The van der Waals surface area contributed by atoms with Crippen LogP contribution in [0.5, 0.6) is 0 Å². The Bertz CT molecular complexity index is 2880. The van der Waals surface area contributed by atoms with Crippen molar-refractivity contribution >= 4 is 66.3 Å². The predicted octanol–water partition coefficient (Wildman–Crippen LogP) is 17.5. The van der Waals surface area contributed by atoms with E-state index in [9.17, 15) is 0 Å². The van der Waals surface area contributed by atoms with Crippen LogP contribution in [0.2, 0.25) is 0 Å². The van der Waals surface area contributed by atoms with Crippen LogP contribution >= 0.6 is 22.7 Å². The molecule has 0 atom stereocenters. The third kappa shape index (κ3) is 6.41. The predicted molar refractivity (Wildman–Crippen MR) is 265 cm³/mol. The van der Waals surface area contributed by atoms with Crippen LogP contribution < -0.4 is 0 Å². The molecule has 0 N–H and O–H groups in total. The van der Waals surface area contributed by atoms with Crippen molar-refractivity contribution in [3.05, 3.63) is 169 Å². The first-order valence-electron chi connectivity index (χ1n) is 22.6. The Hall–Kier alpha value is -5.68. The Labute approximate surface area is 367 Å². The van der Waals surface area contributed by atoms with E-state index in [0.717, 1.165) is 0 Å². The van der Waals surface area contributed by atoms with Crippen LogP contribution in [-0.4, -0.2) is 9.13 Å². The molecule has 0 aliphatic heterocycles. The van der Waals surface area contributed by atoms with Gasteiger partial charge in [0.05, 0.1) is 22.1 Å². The molecular formula is C57H52N2S2. The van der Waals surface area contributed by atoms with Crippen LogP contribution in [-0.2, 0) is 5.41 Å². The first-order chi connectivity index (χ1) is 30.2. The van der Waals surface area contributed by atoms with Crippen molar-refractivity contribution in [1.29, 1.82) is 0 Å². The molecule has 0 amide bonds. The first kappa shape index (κ1) is 38.3. The molecule has 2 nitrogen and oxygen atoms in total. The number of rotatable bonds is 14. The largest absolute Gasteiger partial charge is 0.301 e. The lowest BCUT2D eigenvalue weighted by molar-refractivity contribution is 0.401. The fourth-order valence-corrected chi connectivity index (χ4v) is 12.8. The molecule has 1 aliphatic carbocycles. The van der Waals surface area contributed by atoms with Crippen molar-refractivity contribution in [1.82, 2.24) is 9.13 Å². The summed E-state index contributed by atoms with van der Waals surface area (Å²) in [7, 11) is 0. The molecule has 11 rings (SSSR count). The molecule has 61 heavy (non-hydrogen) atoms. The molecule has 1 aliphatic rings. The van der Waals surface area contributed by atoms with Gasteiger partial charge >= 0.3 is 0 Å². The highest BCUT2D eigenvalue weighted by Crippen LogP contribution is 2.56. The minimum atomic E-state index is -0.0159. The van der Waals surface area contributed by atoms with Gasteiger partial charge in [0.1, 0.15) is 10.0 Å². The fourth-order valence-electron chi connectivity index (χ4n) is 10.7. The molecule has 0 bridgehead atoms. The summed E-state index contributed by atoms with van der Waals surface area (Å²) in [5.41, 5.74) is 13.7. The van der Waals surface area contributed by atoms with Crippen LogP contribution in [0.1, 0.15) is 89.2 Å². The number of thiophene rings is 2. The summed E-state index contributed by atoms with van der Waals surface area (Å²) < 4.78 is 4.93. The zero-order chi connectivity index (χ0) is 40.9. The molecule has 0 fully saturated rings. The summed E-state index contributed by atoms with van der Waals surface area (Å²) in [5, 5.41) is 7.77. The van der Waals surface area contributed by atoms with Crippen molar-refractivity contribution in [2.45, 2.75) is 83.5 Å². The maximum Gasteiger partial charge on any atom is 0.101 e. The molecule has 0 spiro atoms. The number of fused-ring (bicyclic) bond motifs is 9. The van der Waals surface area contributed by atoms with Crippen LogP contribution in [0.15, 0.2) is 158 Å². The third-order valence-electron chi connectivity index (χ3n) is 13.6. The zero-order valence-electron chi connectivity index (χ0n) is 35.3. The molecule has 4 aromatic heterocycles. The van der Waals surface area contributed by atoms with Crippen molar-refractivity contribution in [3.8, 4) is 42.0 Å². The minimum absolute atomic E-state index is 0.0159. The summed E-state index contributed by atoms with van der Waals surface area (Å²) in [6.45, 7) is 4.67. The summed E-state index contributed by atoms with van der Waals surface area (Å²) in [4.78, 5) is 2.66. The van der Waals surface area contributed by atoms with Crippen LogP contribution in [0, 0.1) is 0 Å². The standard InChI is InChI=1S/C57H52N2S2/c1-3-5-7-17-35-57(36-18-8-6-4-2)47-37-39(53-31-33-55(60-53)58-49-23-13-9-19-43(49)44-20-10-14-24-50(44)58)27-29-41(47)42-30-28-40(38-48(42)57)54-32-34-56(61-54)59-51-25-15-11-21-45(51)46-22-12-16-26-52(46)59/h9-16,19-34,37-38H,3-8,17-18,35-36H2,1-2H3. The van der Waals surface area contributed by atoms with Crippen LogP contribution in [0.4, 0.5) is 0 Å². The molecule has 4 heteroatoms. The normalized spacial score (nSPS) is 13.2. The van der Waals surface area contributed by atoms with E-state index >= 15 is 0 Å². The van der Waals surface area contributed by atoms with Gasteiger partial charge in [0.25, 0.3) is 0 Å². The SMILES string of the molecule is CCCCCCC1(CCCCCC)c2cc(-c3ccc(-n4c5ccccc5c5ccccc54)s3)ccc2-c2ccc(-c3ccc(-n4c5ccccc5c5ccccc54)s3)cc21. The van der Waals surface area contributed by atoms with E-state index in [1.807, 2.05) is 22.7 Å². The van der Waals surface area contributed by atoms with Crippen molar-refractivity contribution in [2.75, 3.05) is 0 Å². The van der Waals surface area contributed by atoms with Gasteiger partial charge in [0.15, 0.2) is 0 Å². The van der Waals surface area contributed by atoms with E-state index in [1.54, 1.807) is 11.1 Å². The summed E-state index contributed by atoms with van der Waals surface area (Å²) in [5.74, 6) is 0. The lowest BCUT2D eigenvalue weighted by Gasteiger charge is -2.33. The second kappa shape index (κ2) is 16.0. The number of benzene rings is 6. The number of hydrogen-bond donors (Lipinski definition) is 0. The fraction of sp³-hybridized carbons (Fsp3) is 0.228. The minimum Gasteiger partial charge on any atom is -0.301 e. The number of nitrogens with zero attached hydrogens (tertiary/aromatic N) is 2. The Morgan fingerprint density at radius 3 is 1.15 bits per heavy atom. The molecule has 6 aromatic carbocycles. The van der Waals surface area contributed by atoms with Gasteiger partial charge < -0.3 is 9.13 Å². The maximum absolute atomic E-state index is 2.61. The van der Waals surface area contributed by atoms with Gasteiger partial charge in [-0.3, -0.25) is 0 Å². The highest BCUT2D eigenvalue weighted by molar-refractivity contribution is 7.18. The van der Waals surface area contributed by atoms with Gasteiger partial charge in [0, 0.05) is 36.7 Å². The molecule has 0 saturated carbocycles. The van der Waals surface area contributed by atoms with Crippen LogP contribution in [0.25, 0.3) is 85.6 Å². The molecule has 0 saturated heterocycles. The smallest absolute Gasteiger partial charge is 0.101 e. The quantitative estimate of drug-likeness (QED) is 0.0967. The molecular weight excluding hydrogens is 777 g/mol. The highest BCUT2D eigenvalue weighted by atomic mass is 32.1. The monoisotopic (exact) mass is 828 g/mol. The van der Waals surface area contributed by atoms with Crippen molar-refractivity contribution < 1.29 is 0 Å².